The van der Waals surface area contributed by atoms with Crippen LogP contribution in [0, 0.1) is 0 Å². The maximum absolute atomic E-state index is 6.10. The summed E-state index contributed by atoms with van der Waals surface area (Å²) in [5, 5.41) is 15.3. The summed E-state index contributed by atoms with van der Waals surface area (Å²) in [6.45, 7) is 0.516. The molecule has 0 aliphatic carbocycles. The van der Waals surface area contributed by atoms with E-state index in [2.05, 4.69) is 25.5 Å². The van der Waals surface area contributed by atoms with Gasteiger partial charge < -0.3 is 4.74 Å². The van der Waals surface area contributed by atoms with Crippen molar-refractivity contribution in [3.63, 3.8) is 0 Å². The van der Waals surface area contributed by atoms with Gasteiger partial charge in [-0.15, -0.1) is 5.10 Å². The predicted octanol–water partition coefficient (Wildman–Crippen LogP) is 3.04. The standard InChI is InChI=1S/C15H11ClN6O/c16-11-1-4-15(10(5-11)7-22-9-17-8-18-22)23-12-2-3-13-14(6-12)20-21-19-13/h1-6,8-9H,7H2,(H,19,20,21). The first kappa shape index (κ1) is 13.7. The fourth-order valence-electron chi connectivity index (χ4n) is 2.27. The van der Waals surface area contributed by atoms with Crippen molar-refractivity contribution in [2.45, 2.75) is 6.54 Å². The number of rotatable bonds is 4. The van der Waals surface area contributed by atoms with E-state index in [1.54, 1.807) is 17.1 Å². The zero-order chi connectivity index (χ0) is 15.6. The average molecular weight is 327 g/mol. The third-order valence-electron chi connectivity index (χ3n) is 3.35. The van der Waals surface area contributed by atoms with E-state index in [1.165, 1.54) is 6.33 Å². The van der Waals surface area contributed by atoms with Gasteiger partial charge in [-0.25, -0.2) is 9.67 Å². The quantitative estimate of drug-likeness (QED) is 0.623. The Morgan fingerprint density at radius 1 is 1.17 bits per heavy atom. The highest BCUT2D eigenvalue weighted by Crippen LogP contribution is 2.29. The van der Waals surface area contributed by atoms with E-state index in [9.17, 15) is 0 Å². The summed E-state index contributed by atoms with van der Waals surface area (Å²) in [5.41, 5.74) is 2.51. The SMILES string of the molecule is Clc1ccc(Oc2ccc3[nH]nnc3c2)c(Cn2cncn2)c1. The fourth-order valence-corrected chi connectivity index (χ4v) is 2.47. The highest BCUT2D eigenvalue weighted by molar-refractivity contribution is 6.30. The van der Waals surface area contributed by atoms with Crippen molar-refractivity contribution in [1.29, 1.82) is 0 Å². The van der Waals surface area contributed by atoms with Gasteiger partial charge in [0, 0.05) is 16.7 Å². The van der Waals surface area contributed by atoms with Gasteiger partial charge in [0.05, 0.1) is 12.1 Å². The molecule has 4 rings (SSSR count). The first-order chi connectivity index (χ1) is 11.3. The molecule has 7 nitrogen and oxygen atoms in total. The van der Waals surface area contributed by atoms with Crippen LogP contribution in [0.3, 0.4) is 0 Å². The molecule has 4 aromatic rings. The van der Waals surface area contributed by atoms with Crippen LogP contribution in [-0.4, -0.2) is 30.2 Å². The number of ether oxygens (including phenoxy) is 1. The summed E-state index contributed by atoms with van der Waals surface area (Å²) in [7, 11) is 0. The van der Waals surface area contributed by atoms with E-state index in [0.29, 0.717) is 23.1 Å². The Morgan fingerprint density at radius 2 is 2.13 bits per heavy atom. The number of H-pyrrole nitrogens is 1. The molecule has 114 valence electrons. The molecule has 0 amide bonds. The molecule has 0 aliphatic rings. The van der Waals surface area contributed by atoms with E-state index in [-0.39, 0.29) is 0 Å². The molecule has 0 saturated carbocycles. The molecule has 0 spiro atoms. The van der Waals surface area contributed by atoms with Crippen LogP contribution in [0.15, 0.2) is 49.1 Å². The lowest BCUT2D eigenvalue weighted by atomic mass is 10.2. The summed E-state index contributed by atoms with van der Waals surface area (Å²) >= 11 is 6.10. The smallest absolute Gasteiger partial charge is 0.137 e. The van der Waals surface area contributed by atoms with Gasteiger partial charge in [-0.05, 0) is 30.3 Å². The topological polar surface area (TPSA) is 81.5 Å². The number of fused-ring (bicyclic) bond motifs is 1. The third-order valence-corrected chi connectivity index (χ3v) is 3.58. The number of aromatic nitrogens is 6. The number of hydrogen-bond donors (Lipinski definition) is 1. The number of halogens is 1. The lowest BCUT2D eigenvalue weighted by Crippen LogP contribution is -2.02. The highest BCUT2D eigenvalue weighted by Gasteiger charge is 2.09. The van der Waals surface area contributed by atoms with Crippen molar-refractivity contribution >= 4 is 22.6 Å². The Labute approximate surface area is 135 Å². The van der Waals surface area contributed by atoms with Crippen LogP contribution >= 0.6 is 11.6 Å². The molecule has 2 heterocycles. The zero-order valence-electron chi connectivity index (χ0n) is 11.8. The second kappa shape index (κ2) is 5.69. The molecule has 0 aliphatic heterocycles. The minimum Gasteiger partial charge on any atom is -0.457 e. The van der Waals surface area contributed by atoms with Gasteiger partial charge in [0.2, 0.25) is 0 Å². The molecule has 0 radical (unpaired) electrons. The molecular weight excluding hydrogens is 316 g/mol. The van der Waals surface area contributed by atoms with Gasteiger partial charge in [0.25, 0.3) is 0 Å². The molecule has 8 heteroatoms. The van der Waals surface area contributed by atoms with E-state index in [4.69, 9.17) is 16.3 Å². The van der Waals surface area contributed by atoms with Gasteiger partial charge >= 0.3 is 0 Å². The molecule has 0 fully saturated rings. The van der Waals surface area contributed by atoms with Crippen molar-refractivity contribution < 1.29 is 4.74 Å². The van der Waals surface area contributed by atoms with Gasteiger partial charge in [0.1, 0.15) is 29.7 Å². The van der Waals surface area contributed by atoms with E-state index < -0.39 is 0 Å². The number of aromatic amines is 1. The highest BCUT2D eigenvalue weighted by atomic mass is 35.5. The van der Waals surface area contributed by atoms with Crippen LogP contribution in [0.1, 0.15) is 5.56 Å². The van der Waals surface area contributed by atoms with Gasteiger partial charge in [-0.2, -0.15) is 5.10 Å². The molecule has 23 heavy (non-hydrogen) atoms. The molecule has 2 aromatic carbocycles. The minimum atomic E-state index is 0.516. The van der Waals surface area contributed by atoms with Gasteiger partial charge in [-0.1, -0.05) is 16.8 Å². The normalized spacial score (nSPS) is 11.0. The first-order valence-electron chi connectivity index (χ1n) is 6.87. The van der Waals surface area contributed by atoms with Crippen molar-refractivity contribution in [2.24, 2.45) is 0 Å². The summed E-state index contributed by atoms with van der Waals surface area (Å²) in [6, 6.07) is 11.0. The Bertz CT molecular complexity index is 950. The fraction of sp³-hybridized carbons (Fsp3) is 0.0667. The Balaban J connectivity index is 1.67. The van der Waals surface area contributed by atoms with Crippen molar-refractivity contribution in [3.05, 3.63) is 59.6 Å². The molecule has 2 aromatic heterocycles. The lowest BCUT2D eigenvalue weighted by Gasteiger charge is -2.11. The van der Waals surface area contributed by atoms with Crippen LogP contribution in [0.2, 0.25) is 5.02 Å². The molecule has 1 N–H and O–H groups in total. The van der Waals surface area contributed by atoms with Crippen LogP contribution < -0.4 is 4.74 Å². The number of nitrogens with zero attached hydrogens (tertiary/aromatic N) is 5. The molecule has 0 bridgehead atoms. The average Bonchev–Trinajstić information content (AvgIpc) is 3.20. The lowest BCUT2D eigenvalue weighted by molar-refractivity contribution is 0.472. The Kier molecular flexibility index (Phi) is 3.39. The second-order valence-electron chi connectivity index (χ2n) is 4.94. The van der Waals surface area contributed by atoms with Crippen LogP contribution in [-0.2, 0) is 6.54 Å². The van der Waals surface area contributed by atoms with E-state index >= 15 is 0 Å². The van der Waals surface area contributed by atoms with Crippen molar-refractivity contribution in [1.82, 2.24) is 30.2 Å². The zero-order valence-corrected chi connectivity index (χ0v) is 12.6. The number of benzene rings is 2. The number of hydrogen-bond acceptors (Lipinski definition) is 5. The molecule has 0 atom stereocenters. The summed E-state index contributed by atoms with van der Waals surface area (Å²) in [6.07, 6.45) is 3.13. The predicted molar refractivity (Wildman–Crippen MR) is 84.5 cm³/mol. The molecule has 0 unspecified atom stereocenters. The summed E-state index contributed by atoms with van der Waals surface area (Å²) in [5.74, 6) is 1.38. The maximum Gasteiger partial charge on any atom is 0.137 e. The van der Waals surface area contributed by atoms with Crippen LogP contribution in [0.25, 0.3) is 11.0 Å². The monoisotopic (exact) mass is 326 g/mol. The van der Waals surface area contributed by atoms with Gasteiger partial charge in [0.15, 0.2) is 0 Å². The Hall–Kier alpha value is -2.93. The first-order valence-corrected chi connectivity index (χ1v) is 7.25. The largest absolute Gasteiger partial charge is 0.457 e. The van der Waals surface area contributed by atoms with E-state index in [0.717, 1.165) is 16.6 Å². The molecular formula is C15H11ClN6O. The van der Waals surface area contributed by atoms with E-state index in [1.807, 2.05) is 30.3 Å². The minimum absolute atomic E-state index is 0.516. The van der Waals surface area contributed by atoms with Crippen LogP contribution in [0.4, 0.5) is 0 Å². The van der Waals surface area contributed by atoms with Crippen molar-refractivity contribution in [3.8, 4) is 11.5 Å². The molecule has 0 saturated heterocycles. The second-order valence-corrected chi connectivity index (χ2v) is 5.37. The third kappa shape index (κ3) is 2.86. The van der Waals surface area contributed by atoms with Crippen LogP contribution in [0.5, 0.6) is 11.5 Å². The van der Waals surface area contributed by atoms with Gasteiger partial charge in [-0.3, -0.25) is 5.10 Å². The summed E-state index contributed by atoms with van der Waals surface area (Å²) in [4.78, 5) is 3.94. The Morgan fingerprint density at radius 3 is 3.00 bits per heavy atom. The summed E-state index contributed by atoms with van der Waals surface area (Å²) < 4.78 is 7.70. The maximum atomic E-state index is 6.10. The van der Waals surface area contributed by atoms with Crippen molar-refractivity contribution in [2.75, 3.05) is 0 Å². The number of nitrogens with one attached hydrogen (secondary N) is 1.